The molecule has 2 aliphatic heterocycles. The minimum Gasteiger partial charge on any atom is -0.156 e. The van der Waals surface area contributed by atoms with Crippen molar-refractivity contribution < 1.29 is 0 Å². The fraction of sp³-hybridized carbons (Fsp3) is 1.00. The Morgan fingerprint density at radius 3 is 2.80 bits per heavy atom. The molecule has 3 aliphatic rings. The predicted octanol–water partition coefficient (Wildman–Crippen LogP) is 2.39. The molecular weight excluding hydrogens is 160 g/mol. The fourth-order valence-electron chi connectivity index (χ4n) is 2.18. The molecule has 4 atom stereocenters. The SMILES string of the molecule is C1CC2SC2C(C2CS2)C1. The average Bonchev–Trinajstić information content (AvgIpc) is 2.83. The highest BCUT2D eigenvalue weighted by Gasteiger charge is 2.51. The molecule has 2 heterocycles. The maximum absolute atomic E-state index is 2.26. The standard InChI is InChI=1S/C8H12S2/c1-2-5(7-4-9-7)8-6(3-1)10-8/h5-8H,1-4H2. The second-order valence-electron chi connectivity index (χ2n) is 3.61. The van der Waals surface area contributed by atoms with Gasteiger partial charge in [0.15, 0.2) is 0 Å². The molecule has 3 rings (SSSR count). The van der Waals surface area contributed by atoms with Crippen molar-refractivity contribution in [3.05, 3.63) is 0 Å². The van der Waals surface area contributed by atoms with Crippen molar-refractivity contribution in [3.8, 4) is 0 Å². The van der Waals surface area contributed by atoms with Crippen LogP contribution in [0.1, 0.15) is 19.3 Å². The molecular formula is C8H12S2. The van der Waals surface area contributed by atoms with Crippen LogP contribution in [0.2, 0.25) is 0 Å². The highest BCUT2D eigenvalue weighted by atomic mass is 32.2. The lowest BCUT2D eigenvalue weighted by atomic mass is 9.87. The summed E-state index contributed by atoms with van der Waals surface area (Å²) in [4.78, 5) is 0. The Kier molecular flexibility index (Phi) is 1.31. The third-order valence-corrected chi connectivity index (χ3v) is 5.53. The van der Waals surface area contributed by atoms with Crippen molar-refractivity contribution in [2.45, 2.75) is 35.0 Å². The molecule has 0 amide bonds. The molecule has 2 saturated heterocycles. The van der Waals surface area contributed by atoms with Crippen LogP contribution in [0.4, 0.5) is 0 Å². The van der Waals surface area contributed by atoms with Crippen molar-refractivity contribution in [1.82, 2.24) is 0 Å². The maximum atomic E-state index is 2.26. The largest absolute Gasteiger partial charge is 0.156 e. The normalized spacial score (nSPS) is 57.6. The smallest absolute Gasteiger partial charge is 0.0208 e. The molecule has 0 bridgehead atoms. The van der Waals surface area contributed by atoms with Crippen LogP contribution in [0, 0.1) is 5.92 Å². The van der Waals surface area contributed by atoms with Crippen molar-refractivity contribution in [3.63, 3.8) is 0 Å². The number of fused-ring (bicyclic) bond motifs is 1. The van der Waals surface area contributed by atoms with Crippen LogP contribution in [0.3, 0.4) is 0 Å². The van der Waals surface area contributed by atoms with E-state index in [4.69, 9.17) is 0 Å². The Balaban J connectivity index is 1.72. The molecule has 0 radical (unpaired) electrons. The van der Waals surface area contributed by atoms with Gasteiger partial charge in [-0.25, -0.2) is 0 Å². The minimum absolute atomic E-state index is 1.10. The second-order valence-corrected chi connectivity index (χ2v) is 6.30. The summed E-state index contributed by atoms with van der Waals surface area (Å²) in [5.74, 6) is 2.61. The third-order valence-electron chi connectivity index (χ3n) is 2.91. The van der Waals surface area contributed by atoms with Crippen LogP contribution in [-0.2, 0) is 0 Å². The van der Waals surface area contributed by atoms with E-state index in [1.807, 2.05) is 0 Å². The number of thioether (sulfide) groups is 2. The summed E-state index contributed by atoms with van der Waals surface area (Å²) >= 11 is 4.45. The van der Waals surface area contributed by atoms with Gasteiger partial charge in [0, 0.05) is 21.5 Å². The van der Waals surface area contributed by atoms with Gasteiger partial charge < -0.3 is 0 Å². The summed E-state index contributed by atoms with van der Waals surface area (Å²) in [5, 5.41) is 3.33. The first kappa shape index (κ1) is 6.24. The van der Waals surface area contributed by atoms with Gasteiger partial charge in [-0.15, -0.1) is 0 Å². The summed E-state index contributed by atoms with van der Waals surface area (Å²) in [6, 6.07) is 0. The van der Waals surface area contributed by atoms with Crippen LogP contribution in [0.15, 0.2) is 0 Å². The molecule has 0 spiro atoms. The van der Waals surface area contributed by atoms with Crippen molar-refractivity contribution in [2.75, 3.05) is 5.75 Å². The van der Waals surface area contributed by atoms with Gasteiger partial charge in [-0.3, -0.25) is 0 Å². The molecule has 10 heavy (non-hydrogen) atoms. The van der Waals surface area contributed by atoms with Crippen LogP contribution in [-0.4, -0.2) is 21.5 Å². The van der Waals surface area contributed by atoms with E-state index in [9.17, 15) is 0 Å². The lowest BCUT2D eigenvalue weighted by molar-refractivity contribution is 0.423. The molecule has 0 aromatic heterocycles. The zero-order chi connectivity index (χ0) is 6.55. The predicted molar refractivity (Wildman–Crippen MR) is 48.8 cm³/mol. The first-order valence-electron chi connectivity index (χ1n) is 4.22. The van der Waals surface area contributed by atoms with Gasteiger partial charge in [0.05, 0.1) is 0 Å². The van der Waals surface area contributed by atoms with Crippen molar-refractivity contribution >= 4 is 23.5 Å². The summed E-state index contributed by atoms with van der Waals surface area (Å²) in [6.45, 7) is 0. The quantitative estimate of drug-likeness (QED) is 0.557. The van der Waals surface area contributed by atoms with E-state index >= 15 is 0 Å². The second kappa shape index (κ2) is 2.10. The minimum atomic E-state index is 1.10. The topological polar surface area (TPSA) is 0 Å². The Hall–Kier alpha value is 0.700. The van der Waals surface area contributed by atoms with Crippen molar-refractivity contribution in [2.24, 2.45) is 5.92 Å². The van der Waals surface area contributed by atoms with E-state index in [2.05, 4.69) is 23.5 Å². The number of rotatable bonds is 1. The van der Waals surface area contributed by atoms with E-state index in [0.29, 0.717) is 0 Å². The maximum Gasteiger partial charge on any atom is 0.0208 e. The number of hydrogen-bond acceptors (Lipinski definition) is 2. The highest BCUT2D eigenvalue weighted by molar-refractivity contribution is 8.08. The Bertz CT molecular complexity index is 153. The summed E-state index contributed by atoms with van der Waals surface area (Å²) in [7, 11) is 0. The zero-order valence-corrected chi connectivity index (χ0v) is 7.59. The van der Waals surface area contributed by atoms with E-state index in [1.165, 1.54) is 18.6 Å². The molecule has 0 N–H and O–H groups in total. The lowest BCUT2D eigenvalue weighted by Gasteiger charge is -2.17. The summed E-state index contributed by atoms with van der Waals surface area (Å²) in [5.41, 5.74) is 0. The molecule has 1 aliphatic carbocycles. The molecule has 2 heteroatoms. The highest BCUT2D eigenvalue weighted by Crippen LogP contribution is 2.58. The van der Waals surface area contributed by atoms with Gasteiger partial charge in [-0.2, -0.15) is 23.5 Å². The van der Waals surface area contributed by atoms with E-state index in [1.54, 1.807) is 6.42 Å². The molecule has 3 fully saturated rings. The first-order chi connectivity index (χ1) is 4.95. The molecule has 4 unspecified atom stereocenters. The molecule has 0 aromatic carbocycles. The summed E-state index contributed by atoms with van der Waals surface area (Å²) in [6.07, 6.45) is 4.60. The van der Waals surface area contributed by atoms with E-state index in [-0.39, 0.29) is 0 Å². The molecule has 0 aromatic rings. The van der Waals surface area contributed by atoms with Crippen molar-refractivity contribution in [1.29, 1.82) is 0 Å². The van der Waals surface area contributed by atoms with Gasteiger partial charge in [0.1, 0.15) is 0 Å². The lowest BCUT2D eigenvalue weighted by Crippen LogP contribution is -2.20. The molecule has 0 nitrogen and oxygen atoms in total. The summed E-state index contributed by atoms with van der Waals surface area (Å²) < 4.78 is 0. The van der Waals surface area contributed by atoms with E-state index < -0.39 is 0 Å². The third kappa shape index (κ3) is 0.918. The van der Waals surface area contributed by atoms with Gasteiger partial charge in [-0.05, 0) is 18.8 Å². The van der Waals surface area contributed by atoms with E-state index in [0.717, 1.165) is 21.7 Å². The fourth-order valence-corrected chi connectivity index (χ4v) is 4.68. The molecule has 56 valence electrons. The van der Waals surface area contributed by atoms with Gasteiger partial charge in [0.25, 0.3) is 0 Å². The Morgan fingerprint density at radius 2 is 2.00 bits per heavy atom. The van der Waals surface area contributed by atoms with Gasteiger partial charge in [0.2, 0.25) is 0 Å². The average molecular weight is 172 g/mol. The van der Waals surface area contributed by atoms with Crippen LogP contribution >= 0.6 is 23.5 Å². The number of hydrogen-bond donors (Lipinski definition) is 0. The van der Waals surface area contributed by atoms with Crippen LogP contribution in [0.25, 0.3) is 0 Å². The Labute approximate surface area is 70.5 Å². The van der Waals surface area contributed by atoms with Crippen LogP contribution < -0.4 is 0 Å². The Morgan fingerprint density at radius 1 is 1.10 bits per heavy atom. The van der Waals surface area contributed by atoms with Crippen LogP contribution in [0.5, 0.6) is 0 Å². The van der Waals surface area contributed by atoms with Gasteiger partial charge in [-0.1, -0.05) is 6.42 Å². The molecule has 1 saturated carbocycles. The van der Waals surface area contributed by atoms with Gasteiger partial charge >= 0.3 is 0 Å². The first-order valence-corrected chi connectivity index (χ1v) is 6.21. The zero-order valence-electron chi connectivity index (χ0n) is 5.95. The monoisotopic (exact) mass is 172 g/mol.